The summed E-state index contributed by atoms with van der Waals surface area (Å²) in [5.41, 5.74) is 2.92. The van der Waals surface area contributed by atoms with Crippen molar-refractivity contribution in [2.75, 3.05) is 0 Å². The fraction of sp³-hybridized carbons (Fsp3) is 0.200. The number of benzene rings is 1. The van der Waals surface area contributed by atoms with Crippen LogP contribution in [0.3, 0.4) is 0 Å². The first-order chi connectivity index (χ1) is 5.29. The van der Waals surface area contributed by atoms with Crippen LogP contribution in [0, 0.1) is 0 Å². The Morgan fingerprint density at radius 3 is 2.21 bits per heavy atom. The molecule has 1 aliphatic rings. The second kappa shape index (κ2) is 7.06. The summed E-state index contributed by atoms with van der Waals surface area (Å²) in [6, 6.07) is 8.66. The molecule has 0 fully saturated rings. The minimum Gasteiger partial charge on any atom is -1.00 e. The molecule has 0 saturated heterocycles. The van der Waals surface area contributed by atoms with Gasteiger partial charge in [0.05, 0.1) is 0 Å². The Bertz CT molecular complexity index is 323. The van der Waals surface area contributed by atoms with E-state index in [0.29, 0.717) is 5.92 Å². The van der Waals surface area contributed by atoms with E-state index in [4.69, 9.17) is 0 Å². The summed E-state index contributed by atoms with van der Waals surface area (Å²) in [6.07, 6.45) is 2.32. The predicted molar refractivity (Wildman–Crippen MR) is 42.8 cm³/mol. The molecule has 74 valence electrons. The second-order valence-electron chi connectivity index (χ2n) is 2.95. The Labute approximate surface area is 119 Å². The first kappa shape index (κ1) is 17.1. The Balaban J connectivity index is 0. The van der Waals surface area contributed by atoms with Crippen molar-refractivity contribution in [3.05, 3.63) is 38.7 Å². The molecule has 1 atom stereocenters. The van der Waals surface area contributed by atoms with Crippen molar-refractivity contribution in [2.45, 2.75) is 12.8 Å². The Kier molecular flexibility index (Phi) is 8.64. The Hall–Kier alpha value is 0.713. The van der Waals surface area contributed by atoms with E-state index in [1.54, 1.807) is 28.0 Å². The first-order valence-corrected chi connectivity index (χ1v) is 5.04. The largest absolute Gasteiger partial charge is 1.00 e. The van der Waals surface area contributed by atoms with Gasteiger partial charge in [-0.25, -0.2) is 0 Å². The van der Waals surface area contributed by atoms with Crippen LogP contribution in [0.5, 0.6) is 0 Å². The number of allylic oxidation sites excluding steroid dienone is 1. The van der Waals surface area contributed by atoms with Gasteiger partial charge in [0.15, 0.2) is 0 Å². The van der Waals surface area contributed by atoms with Gasteiger partial charge in [-0.1, -0.05) is 0 Å². The van der Waals surface area contributed by atoms with E-state index in [9.17, 15) is 0 Å². The maximum Gasteiger partial charge on any atom is -1.00 e. The van der Waals surface area contributed by atoms with Crippen LogP contribution in [0.25, 0.3) is 6.08 Å². The molecule has 0 aromatic heterocycles. The minimum atomic E-state index is 0. The third kappa shape index (κ3) is 3.10. The van der Waals surface area contributed by atoms with Gasteiger partial charge >= 0.3 is 82.3 Å². The van der Waals surface area contributed by atoms with Crippen LogP contribution >= 0.6 is 0 Å². The molecule has 0 amide bonds. The molecule has 1 aromatic rings. The van der Waals surface area contributed by atoms with Gasteiger partial charge in [-0.3, -0.25) is 0 Å². The van der Waals surface area contributed by atoms with Gasteiger partial charge in [-0.05, 0) is 0 Å². The summed E-state index contributed by atoms with van der Waals surface area (Å²) in [4.78, 5) is 0. The molecular weight excluding hydrogens is 318 g/mol. The molecular formula is C10H9Cl3Zr. The molecule has 0 saturated carbocycles. The van der Waals surface area contributed by atoms with E-state index in [1.165, 1.54) is 11.1 Å². The van der Waals surface area contributed by atoms with Crippen LogP contribution in [-0.2, 0) is 24.7 Å². The van der Waals surface area contributed by atoms with Crippen molar-refractivity contribution in [2.24, 2.45) is 0 Å². The maximum atomic E-state index is 2.32. The molecule has 1 aliphatic carbocycles. The molecule has 0 spiro atoms. The number of hydrogen-bond donors (Lipinski definition) is 0. The normalized spacial score (nSPS) is 16.8. The predicted octanol–water partition coefficient (Wildman–Crippen LogP) is -6.30. The molecule has 1 aromatic carbocycles. The van der Waals surface area contributed by atoms with Crippen molar-refractivity contribution in [3.63, 3.8) is 0 Å². The topological polar surface area (TPSA) is 0 Å². The molecule has 4 heteroatoms. The van der Waals surface area contributed by atoms with Crippen molar-refractivity contribution < 1.29 is 61.9 Å². The fourth-order valence-electron chi connectivity index (χ4n) is 1.50. The molecule has 2 rings (SSSR count). The van der Waals surface area contributed by atoms with Gasteiger partial charge in [0.2, 0.25) is 0 Å². The second-order valence-corrected chi connectivity index (χ2v) is 4.37. The molecule has 0 N–H and O–H groups in total. The van der Waals surface area contributed by atoms with E-state index >= 15 is 0 Å². The molecule has 1 unspecified atom stereocenters. The summed E-state index contributed by atoms with van der Waals surface area (Å²) in [7, 11) is 0. The Morgan fingerprint density at radius 2 is 1.64 bits per heavy atom. The van der Waals surface area contributed by atoms with E-state index in [1.807, 2.05) is 0 Å². The zero-order chi connectivity index (χ0) is 7.84. The van der Waals surface area contributed by atoms with Crippen LogP contribution < -0.4 is 37.2 Å². The molecule has 0 nitrogen and oxygen atoms in total. The zero-order valence-electron chi connectivity index (χ0n) is 7.60. The van der Waals surface area contributed by atoms with Gasteiger partial charge < -0.3 is 37.2 Å². The van der Waals surface area contributed by atoms with Gasteiger partial charge in [0.25, 0.3) is 0 Å². The van der Waals surface area contributed by atoms with Crippen LogP contribution in [-0.4, -0.2) is 0 Å². The number of halogens is 3. The maximum absolute atomic E-state index is 2.32. The minimum absolute atomic E-state index is 0. The average molecular weight is 327 g/mol. The third-order valence-corrected chi connectivity index (χ3v) is 3.66. The van der Waals surface area contributed by atoms with E-state index < -0.39 is 0 Å². The zero-order valence-corrected chi connectivity index (χ0v) is 12.3. The van der Waals surface area contributed by atoms with Crippen molar-refractivity contribution >= 4 is 6.08 Å². The number of rotatable bonds is 0. The summed E-state index contributed by atoms with van der Waals surface area (Å²) in [5, 5.41) is 0. The van der Waals surface area contributed by atoms with Gasteiger partial charge in [0.1, 0.15) is 0 Å². The average Bonchev–Trinajstić information content (AvgIpc) is 2.30. The van der Waals surface area contributed by atoms with Crippen molar-refractivity contribution in [3.8, 4) is 0 Å². The summed E-state index contributed by atoms with van der Waals surface area (Å²) in [6.45, 7) is 2.28. The fourth-order valence-corrected chi connectivity index (χ4v) is 2.26. The standard InChI is InChI=1S/C10H9.3ClH.Zr/c1-8-6-7-9-4-2-3-5-10(8)9;;;;/h2-5,7-8H,1H3;3*1H;/q;;;;+3/p-3. The van der Waals surface area contributed by atoms with Gasteiger partial charge in [-0.15, -0.1) is 0 Å². The quantitative estimate of drug-likeness (QED) is 0.445. The molecule has 0 bridgehead atoms. The summed E-state index contributed by atoms with van der Waals surface area (Å²) in [5.74, 6) is 0.671. The summed E-state index contributed by atoms with van der Waals surface area (Å²) < 4.78 is 1.57. The van der Waals surface area contributed by atoms with E-state index in [0.717, 1.165) is 0 Å². The monoisotopic (exact) mass is 324 g/mol. The van der Waals surface area contributed by atoms with E-state index in [2.05, 4.69) is 37.3 Å². The van der Waals surface area contributed by atoms with Gasteiger partial charge in [0, 0.05) is 0 Å². The molecule has 0 radical (unpaired) electrons. The van der Waals surface area contributed by atoms with Crippen LogP contribution in [0.4, 0.5) is 0 Å². The SMILES string of the molecule is CC1[C]([Zr+3])=Cc2ccccc21.[Cl-].[Cl-].[Cl-]. The number of fused-ring (bicyclic) bond motifs is 1. The smallest absolute Gasteiger partial charge is 1.00 e. The van der Waals surface area contributed by atoms with Crippen molar-refractivity contribution in [1.82, 2.24) is 0 Å². The van der Waals surface area contributed by atoms with Crippen LogP contribution in [0.15, 0.2) is 27.5 Å². The van der Waals surface area contributed by atoms with Crippen molar-refractivity contribution in [1.29, 1.82) is 0 Å². The molecule has 14 heavy (non-hydrogen) atoms. The van der Waals surface area contributed by atoms with Crippen LogP contribution in [0.2, 0.25) is 0 Å². The summed E-state index contributed by atoms with van der Waals surface area (Å²) >= 11 is 1.55. The van der Waals surface area contributed by atoms with E-state index in [-0.39, 0.29) is 37.2 Å². The number of hydrogen-bond acceptors (Lipinski definition) is 0. The first-order valence-electron chi connectivity index (χ1n) is 3.81. The molecule has 0 aliphatic heterocycles. The Morgan fingerprint density at radius 1 is 1.07 bits per heavy atom. The molecule has 0 heterocycles. The third-order valence-electron chi connectivity index (χ3n) is 2.24. The van der Waals surface area contributed by atoms with Gasteiger partial charge in [-0.2, -0.15) is 0 Å². The van der Waals surface area contributed by atoms with Crippen LogP contribution in [0.1, 0.15) is 24.0 Å².